The van der Waals surface area contributed by atoms with Gasteiger partial charge in [0.25, 0.3) is 5.91 Å². The van der Waals surface area contributed by atoms with Crippen LogP contribution < -0.4 is 11.1 Å². The van der Waals surface area contributed by atoms with Crippen LogP contribution >= 0.6 is 11.6 Å². The van der Waals surface area contributed by atoms with E-state index in [0.29, 0.717) is 22.0 Å². The molecule has 0 aliphatic rings. The molecule has 0 spiro atoms. The number of nitrogen functional groups attached to an aromatic ring is 1. The number of benzene rings is 2. The van der Waals surface area contributed by atoms with Gasteiger partial charge in [-0.15, -0.1) is 0 Å². The molecule has 0 atom stereocenters. The van der Waals surface area contributed by atoms with Gasteiger partial charge >= 0.3 is 0 Å². The van der Waals surface area contributed by atoms with Gasteiger partial charge in [0, 0.05) is 22.0 Å². The predicted octanol–water partition coefficient (Wildman–Crippen LogP) is 4.10. The summed E-state index contributed by atoms with van der Waals surface area (Å²) in [5.41, 5.74) is 10.6. The van der Waals surface area contributed by atoms with E-state index in [2.05, 4.69) is 5.32 Å². The van der Waals surface area contributed by atoms with E-state index in [1.807, 2.05) is 39.0 Å². The SMILES string of the molecule is Cc1cc(C)c(C(=O)Nc2ccc(C)c(Cl)c2)cc1N. The minimum Gasteiger partial charge on any atom is -0.398 e. The topological polar surface area (TPSA) is 55.1 Å². The summed E-state index contributed by atoms with van der Waals surface area (Å²) in [6.45, 7) is 5.73. The highest BCUT2D eigenvalue weighted by atomic mass is 35.5. The van der Waals surface area contributed by atoms with Crippen molar-refractivity contribution in [1.82, 2.24) is 0 Å². The van der Waals surface area contributed by atoms with Crippen LogP contribution in [0.25, 0.3) is 0 Å². The number of nitrogens with one attached hydrogen (secondary N) is 1. The van der Waals surface area contributed by atoms with Crippen molar-refractivity contribution in [2.75, 3.05) is 11.1 Å². The molecule has 104 valence electrons. The summed E-state index contributed by atoms with van der Waals surface area (Å²) in [7, 11) is 0. The Kier molecular flexibility index (Phi) is 4.00. The summed E-state index contributed by atoms with van der Waals surface area (Å²) in [4.78, 5) is 12.3. The Hall–Kier alpha value is -2.00. The number of aryl methyl sites for hydroxylation is 3. The van der Waals surface area contributed by atoms with Gasteiger partial charge in [0.2, 0.25) is 0 Å². The molecule has 0 unspecified atom stereocenters. The quantitative estimate of drug-likeness (QED) is 0.818. The second kappa shape index (κ2) is 5.55. The number of carbonyl (C=O) groups is 1. The Bertz CT molecular complexity index is 680. The maximum absolute atomic E-state index is 12.3. The van der Waals surface area contributed by atoms with Crippen LogP contribution in [-0.2, 0) is 0 Å². The van der Waals surface area contributed by atoms with Crippen LogP contribution in [0.2, 0.25) is 5.02 Å². The highest BCUT2D eigenvalue weighted by molar-refractivity contribution is 6.31. The largest absolute Gasteiger partial charge is 0.398 e. The molecule has 0 aliphatic heterocycles. The molecule has 2 rings (SSSR count). The summed E-state index contributed by atoms with van der Waals surface area (Å²) in [5, 5.41) is 3.46. The van der Waals surface area contributed by atoms with Crippen molar-refractivity contribution in [1.29, 1.82) is 0 Å². The van der Waals surface area contributed by atoms with E-state index in [1.165, 1.54) is 0 Å². The second-order valence-electron chi connectivity index (χ2n) is 4.94. The van der Waals surface area contributed by atoms with Crippen molar-refractivity contribution in [3.8, 4) is 0 Å². The van der Waals surface area contributed by atoms with E-state index in [-0.39, 0.29) is 5.91 Å². The average Bonchev–Trinajstić information content (AvgIpc) is 2.38. The van der Waals surface area contributed by atoms with Gasteiger partial charge in [0.1, 0.15) is 0 Å². The fourth-order valence-corrected chi connectivity index (χ4v) is 2.16. The molecule has 0 fully saturated rings. The molecule has 0 bridgehead atoms. The molecule has 20 heavy (non-hydrogen) atoms. The Morgan fingerprint density at radius 2 is 1.75 bits per heavy atom. The third-order valence-corrected chi connectivity index (χ3v) is 3.69. The molecule has 0 saturated carbocycles. The zero-order valence-electron chi connectivity index (χ0n) is 11.8. The van der Waals surface area contributed by atoms with Crippen LogP contribution in [0, 0.1) is 20.8 Å². The van der Waals surface area contributed by atoms with E-state index in [0.717, 1.165) is 16.7 Å². The Labute approximate surface area is 123 Å². The Morgan fingerprint density at radius 3 is 2.40 bits per heavy atom. The first-order valence-electron chi connectivity index (χ1n) is 6.32. The number of rotatable bonds is 2. The molecule has 3 N–H and O–H groups in total. The van der Waals surface area contributed by atoms with Gasteiger partial charge in [-0.2, -0.15) is 0 Å². The van der Waals surface area contributed by atoms with Crippen molar-refractivity contribution in [3.05, 3.63) is 57.6 Å². The van der Waals surface area contributed by atoms with Gasteiger partial charge in [-0.3, -0.25) is 4.79 Å². The van der Waals surface area contributed by atoms with Crippen LogP contribution in [0.4, 0.5) is 11.4 Å². The maximum atomic E-state index is 12.3. The smallest absolute Gasteiger partial charge is 0.256 e. The lowest BCUT2D eigenvalue weighted by molar-refractivity contribution is 0.102. The van der Waals surface area contributed by atoms with Gasteiger partial charge in [-0.1, -0.05) is 23.7 Å². The van der Waals surface area contributed by atoms with Gasteiger partial charge in [0.15, 0.2) is 0 Å². The fraction of sp³-hybridized carbons (Fsp3) is 0.188. The highest BCUT2D eigenvalue weighted by Crippen LogP contribution is 2.22. The number of amides is 1. The van der Waals surface area contributed by atoms with E-state index in [4.69, 9.17) is 17.3 Å². The van der Waals surface area contributed by atoms with Crippen LogP contribution in [0.3, 0.4) is 0 Å². The van der Waals surface area contributed by atoms with Crippen molar-refractivity contribution in [3.63, 3.8) is 0 Å². The van der Waals surface area contributed by atoms with E-state index in [9.17, 15) is 4.79 Å². The minimum absolute atomic E-state index is 0.186. The molecule has 0 heterocycles. The van der Waals surface area contributed by atoms with Gasteiger partial charge in [0.05, 0.1) is 0 Å². The van der Waals surface area contributed by atoms with E-state index in [1.54, 1.807) is 12.1 Å². The molecule has 2 aromatic rings. The summed E-state index contributed by atoms with van der Waals surface area (Å²) in [5.74, 6) is -0.186. The zero-order valence-corrected chi connectivity index (χ0v) is 12.5. The van der Waals surface area contributed by atoms with Crippen LogP contribution in [0.15, 0.2) is 30.3 Å². The van der Waals surface area contributed by atoms with Crippen molar-refractivity contribution >= 4 is 28.9 Å². The van der Waals surface area contributed by atoms with Crippen molar-refractivity contribution < 1.29 is 4.79 Å². The maximum Gasteiger partial charge on any atom is 0.256 e. The second-order valence-corrected chi connectivity index (χ2v) is 5.35. The van der Waals surface area contributed by atoms with Crippen LogP contribution in [-0.4, -0.2) is 5.91 Å². The number of hydrogen-bond donors (Lipinski definition) is 2. The summed E-state index contributed by atoms with van der Waals surface area (Å²) in [6, 6.07) is 9.05. The lowest BCUT2D eigenvalue weighted by atomic mass is 10.0. The number of nitrogens with two attached hydrogens (primary N) is 1. The van der Waals surface area contributed by atoms with Crippen molar-refractivity contribution in [2.24, 2.45) is 0 Å². The number of halogens is 1. The predicted molar refractivity (Wildman–Crippen MR) is 84.5 cm³/mol. The molecular weight excluding hydrogens is 272 g/mol. The minimum atomic E-state index is -0.186. The number of anilines is 2. The van der Waals surface area contributed by atoms with Crippen molar-refractivity contribution in [2.45, 2.75) is 20.8 Å². The van der Waals surface area contributed by atoms with Gasteiger partial charge in [-0.05, 0) is 55.7 Å². The third kappa shape index (κ3) is 2.94. The van der Waals surface area contributed by atoms with Gasteiger partial charge in [-0.25, -0.2) is 0 Å². The molecule has 0 aromatic heterocycles. The fourth-order valence-electron chi connectivity index (χ4n) is 1.98. The highest BCUT2D eigenvalue weighted by Gasteiger charge is 2.11. The molecule has 3 nitrogen and oxygen atoms in total. The molecule has 2 aromatic carbocycles. The lowest BCUT2D eigenvalue weighted by Gasteiger charge is -2.11. The Morgan fingerprint density at radius 1 is 1.05 bits per heavy atom. The third-order valence-electron chi connectivity index (χ3n) is 3.29. The van der Waals surface area contributed by atoms with E-state index < -0.39 is 0 Å². The molecule has 0 radical (unpaired) electrons. The van der Waals surface area contributed by atoms with Gasteiger partial charge < -0.3 is 11.1 Å². The summed E-state index contributed by atoms with van der Waals surface area (Å²) >= 11 is 6.05. The first-order valence-corrected chi connectivity index (χ1v) is 6.70. The number of carbonyl (C=O) groups excluding carboxylic acids is 1. The monoisotopic (exact) mass is 288 g/mol. The molecule has 0 aliphatic carbocycles. The summed E-state index contributed by atoms with van der Waals surface area (Å²) in [6.07, 6.45) is 0. The van der Waals surface area contributed by atoms with Crippen LogP contribution in [0.1, 0.15) is 27.0 Å². The first-order chi connectivity index (χ1) is 9.38. The molecular formula is C16H17ClN2O. The molecule has 4 heteroatoms. The van der Waals surface area contributed by atoms with Crippen LogP contribution in [0.5, 0.6) is 0 Å². The zero-order chi connectivity index (χ0) is 14.9. The molecule has 0 saturated heterocycles. The lowest BCUT2D eigenvalue weighted by Crippen LogP contribution is -2.14. The first kappa shape index (κ1) is 14.4. The normalized spacial score (nSPS) is 10.4. The number of hydrogen-bond acceptors (Lipinski definition) is 2. The molecule has 1 amide bonds. The summed E-state index contributed by atoms with van der Waals surface area (Å²) < 4.78 is 0. The standard InChI is InChI=1S/C16H17ClN2O/c1-9-4-5-12(7-14(9)17)19-16(20)13-8-15(18)11(3)6-10(13)2/h4-8H,18H2,1-3H3,(H,19,20). The Balaban J connectivity index is 2.28. The average molecular weight is 289 g/mol. The van der Waals surface area contributed by atoms with E-state index >= 15 is 0 Å².